The van der Waals surface area contributed by atoms with Crippen LogP contribution in [-0.2, 0) is 26.2 Å². The minimum absolute atomic E-state index is 0.0107. The Balaban J connectivity index is 2.13. The van der Waals surface area contributed by atoms with Crippen LogP contribution in [0.15, 0.2) is 71.6 Å². The van der Waals surface area contributed by atoms with Crippen molar-refractivity contribution < 1.29 is 27.5 Å². The van der Waals surface area contributed by atoms with E-state index in [-0.39, 0.29) is 34.8 Å². The predicted octanol–water partition coefficient (Wildman–Crippen LogP) is 4.46. The number of carbonyl (C=O) groups excluding carboxylic acids is 2. The number of anilines is 1. The number of rotatable bonds is 12. The zero-order chi connectivity index (χ0) is 30.3. The van der Waals surface area contributed by atoms with Gasteiger partial charge in [-0.1, -0.05) is 47.5 Å². The predicted molar refractivity (Wildman–Crippen MR) is 160 cm³/mol. The standard InChI is InChI=1S/C31H39N3O6S/c1-21(2)32-31(36)24(5)33(19-25-10-8-9-23(4)17-25)30(35)20-34(28-18-26(39-6)13-16-29(28)40-7)41(37,38)27-14-11-22(3)12-15-27/h8-18,21,24H,19-20H2,1-7H3,(H,32,36)/t24-/m1/s1. The first-order chi connectivity index (χ1) is 19.4. The molecule has 0 spiro atoms. The molecule has 0 fully saturated rings. The third-order valence-corrected chi connectivity index (χ3v) is 8.35. The van der Waals surface area contributed by atoms with Gasteiger partial charge in [0.15, 0.2) is 0 Å². The van der Waals surface area contributed by atoms with Crippen molar-refractivity contribution >= 4 is 27.5 Å². The van der Waals surface area contributed by atoms with Gasteiger partial charge in [0, 0.05) is 18.7 Å². The van der Waals surface area contributed by atoms with Crippen LogP contribution in [0.3, 0.4) is 0 Å². The van der Waals surface area contributed by atoms with Crippen LogP contribution in [0.5, 0.6) is 11.5 Å². The number of sulfonamides is 1. The number of methoxy groups -OCH3 is 2. The summed E-state index contributed by atoms with van der Waals surface area (Å²) in [6.07, 6.45) is 0. The molecule has 0 aliphatic heterocycles. The highest BCUT2D eigenvalue weighted by Gasteiger charge is 2.34. The number of benzene rings is 3. The molecule has 0 aromatic heterocycles. The van der Waals surface area contributed by atoms with E-state index >= 15 is 0 Å². The van der Waals surface area contributed by atoms with E-state index in [1.165, 1.54) is 37.3 Å². The molecule has 0 radical (unpaired) electrons. The Hall–Kier alpha value is -4.05. The van der Waals surface area contributed by atoms with Crippen molar-refractivity contribution in [3.05, 3.63) is 83.4 Å². The summed E-state index contributed by atoms with van der Waals surface area (Å²) < 4.78 is 40.1. The van der Waals surface area contributed by atoms with E-state index in [2.05, 4.69) is 5.32 Å². The van der Waals surface area contributed by atoms with Crippen LogP contribution >= 0.6 is 0 Å². The molecule has 10 heteroatoms. The minimum Gasteiger partial charge on any atom is -0.497 e. The number of ether oxygens (including phenoxy) is 2. The Kier molecular flexibility index (Phi) is 10.4. The summed E-state index contributed by atoms with van der Waals surface area (Å²) in [5.41, 5.74) is 2.84. The zero-order valence-electron chi connectivity index (χ0n) is 24.7. The van der Waals surface area contributed by atoms with E-state index in [4.69, 9.17) is 9.47 Å². The van der Waals surface area contributed by atoms with Gasteiger partial charge in [-0.15, -0.1) is 0 Å². The first kappa shape index (κ1) is 31.5. The largest absolute Gasteiger partial charge is 0.497 e. The SMILES string of the molecule is COc1ccc(OC)c(N(CC(=O)N(Cc2cccc(C)c2)[C@H](C)C(=O)NC(C)C)S(=O)(=O)c2ccc(C)cc2)c1. The highest BCUT2D eigenvalue weighted by atomic mass is 32.2. The number of carbonyl (C=O) groups is 2. The van der Waals surface area contributed by atoms with Gasteiger partial charge in [0.1, 0.15) is 24.1 Å². The molecule has 0 heterocycles. The summed E-state index contributed by atoms with van der Waals surface area (Å²) in [4.78, 5) is 28.6. The molecule has 0 bridgehead atoms. The van der Waals surface area contributed by atoms with Gasteiger partial charge in [0.2, 0.25) is 11.8 Å². The number of aryl methyl sites for hydroxylation is 2. The molecular formula is C31H39N3O6S. The van der Waals surface area contributed by atoms with Crippen molar-refractivity contribution in [3.63, 3.8) is 0 Å². The molecule has 2 amide bonds. The molecule has 0 saturated carbocycles. The third-order valence-electron chi connectivity index (χ3n) is 6.58. The summed E-state index contributed by atoms with van der Waals surface area (Å²) in [6.45, 7) is 8.64. The maximum absolute atomic E-state index is 14.1. The van der Waals surface area contributed by atoms with E-state index in [0.29, 0.717) is 5.75 Å². The van der Waals surface area contributed by atoms with Crippen molar-refractivity contribution in [2.45, 2.75) is 58.1 Å². The van der Waals surface area contributed by atoms with Crippen molar-refractivity contribution in [1.29, 1.82) is 0 Å². The topological polar surface area (TPSA) is 105 Å². The Morgan fingerprint density at radius 2 is 1.56 bits per heavy atom. The van der Waals surface area contributed by atoms with Gasteiger partial charge in [-0.2, -0.15) is 0 Å². The molecular weight excluding hydrogens is 542 g/mol. The van der Waals surface area contributed by atoms with Gasteiger partial charge in [0.05, 0.1) is 24.8 Å². The van der Waals surface area contributed by atoms with E-state index in [1.54, 1.807) is 31.2 Å². The molecule has 9 nitrogen and oxygen atoms in total. The van der Waals surface area contributed by atoms with Crippen molar-refractivity contribution in [2.24, 2.45) is 0 Å². The van der Waals surface area contributed by atoms with Crippen LogP contribution in [0.1, 0.15) is 37.5 Å². The van der Waals surface area contributed by atoms with Crippen molar-refractivity contribution in [3.8, 4) is 11.5 Å². The molecule has 3 aromatic carbocycles. The van der Waals surface area contributed by atoms with Gasteiger partial charge in [-0.05, 0) is 64.4 Å². The van der Waals surface area contributed by atoms with E-state index in [9.17, 15) is 18.0 Å². The Bertz CT molecular complexity index is 1470. The Morgan fingerprint density at radius 3 is 2.15 bits per heavy atom. The fourth-order valence-corrected chi connectivity index (χ4v) is 5.75. The van der Waals surface area contributed by atoms with E-state index in [1.807, 2.05) is 52.0 Å². The molecule has 3 aromatic rings. The average molecular weight is 582 g/mol. The minimum atomic E-state index is -4.25. The maximum Gasteiger partial charge on any atom is 0.264 e. The van der Waals surface area contributed by atoms with Crippen LogP contribution in [0.25, 0.3) is 0 Å². The first-order valence-corrected chi connectivity index (χ1v) is 14.8. The fourth-order valence-electron chi connectivity index (χ4n) is 4.34. The average Bonchev–Trinajstić information content (AvgIpc) is 2.93. The number of amides is 2. The molecule has 1 atom stereocenters. The van der Waals surface area contributed by atoms with E-state index in [0.717, 1.165) is 21.0 Å². The monoisotopic (exact) mass is 581 g/mol. The fraction of sp³-hybridized carbons (Fsp3) is 0.355. The zero-order valence-corrected chi connectivity index (χ0v) is 25.5. The number of hydrogen-bond acceptors (Lipinski definition) is 6. The smallest absolute Gasteiger partial charge is 0.264 e. The molecule has 220 valence electrons. The van der Waals surface area contributed by atoms with E-state index < -0.39 is 28.5 Å². The number of nitrogens with zero attached hydrogens (tertiary/aromatic N) is 2. The summed E-state index contributed by atoms with van der Waals surface area (Å²) in [5.74, 6) is -0.268. The molecule has 41 heavy (non-hydrogen) atoms. The van der Waals surface area contributed by atoms with Crippen LogP contribution < -0.4 is 19.1 Å². The lowest BCUT2D eigenvalue weighted by Gasteiger charge is -2.32. The molecule has 0 aliphatic carbocycles. The van der Waals surface area contributed by atoms with Crippen LogP contribution in [0, 0.1) is 13.8 Å². The van der Waals surface area contributed by atoms with Crippen LogP contribution in [-0.4, -0.2) is 58.0 Å². The third kappa shape index (κ3) is 7.79. The molecule has 3 rings (SSSR count). The molecule has 0 saturated heterocycles. The Labute approximate surface area is 243 Å². The van der Waals surface area contributed by atoms with Gasteiger partial charge in [-0.3, -0.25) is 13.9 Å². The lowest BCUT2D eigenvalue weighted by molar-refractivity contribution is -0.139. The van der Waals surface area contributed by atoms with Gasteiger partial charge < -0.3 is 19.7 Å². The summed E-state index contributed by atoms with van der Waals surface area (Å²) in [6, 6.07) is 17.7. The molecule has 0 unspecified atom stereocenters. The lowest BCUT2D eigenvalue weighted by atomic mass is 10.1. The Morgan fingerprint density at radius 1 is 0.878 bits per heavy atom. The summed E-state index contributed by atoms with van der Waals surface area (Å²) >= 11 is 0. The van der Waals surface area contributed by atoms with Crippen LogP contribution in [0.4, 0.5) is 5.69 Å². The second-order valence-electron chi connectivity index (χ2n) is 10.2. The second kappa shape index (κ2) is 13.5. The summed E-state index contributed by atoms with van der Waals surface area (Å²) in [7, 11) is -1.36. The van der Waals surface area contributed by atoms with Crippen molar-refractivity contribution in [2.75, 3.05) is 25.1 Å². The lowest BCUT2D eigenvalue weighted by Crippen LogP contribution is -2.52. The number of hydrogen-bond donors (Lipinski definition) is 1. The quantitative estimate of drug-likeness (QED) is 0.339. The highest BCUT2D eigenvalue weighted by Crippen LogP contribution is 2.36. The first-order valence-electron chi connectivity index (χ1n) is 13.3. The van der Waals surface area contributed by atoms with Crippen molar-refractivity contribution in [1.82, 2.24) is 10.2 Å². The van der Waals surface area contributed by atoms with Crippen LogP contribution in [0.2, 0.25) is 0 Å². The molecule has 1 N–H and O–H groups in total. The van der Waals surface area contributed by atoms with Gasteiger partial charge >= 0.3 is 0 Å². The van der Waals surface area contributed by atoms with Gasteiger partial charge in [-0.25, -0.2) is 8.42 Å². The second-order valence-corrected chi connectivity index (χ2v) is 12.1. The highest BCUT2D eigenvalue weighted by molar-refractivity contribution is 7.92. The normalized spacial score (nSPS) is 12.0. The number of nitrogens with one attached hydrogen (secondary N) is 1. The van der Waals surface area contributed by atoms with Gasteiger partial charge in [0.25, 0.3) is 10.0 Å². The maximum atomic E-state index is 14.1. The molecule has 0 aliphatic rings. The summed E-state index contributed by atoms with van der Waals surface area (Å²) in [5, 5.41) is 2.85.